The zero-order valence-electron chi connectivity index (χ0n) is 13.7. The summed E-state index contributed by atoms with van der Waals surface area (Å²) in [5.41, 5.74) is 4.75. The van der Waals surface area contributed by atoms with Crippen molar-refractivity contribution in [2.45, 2.75) is 27.2 Å². The number of nitrogens with one attached hydrogen (secondary N) is 2. The van der Waals surface area contributed by atoms with Crippen molar-refractivity contribution in [2.75, 3.05) is 18.1 Å². The zero-order valence-corrected chi connectivity index (χ0v) is 14.5. The quantitative estimate of drug-likeness (QED) is 0.903. The number of hydrogen-bond acceptors (Lipinski definition) is 3. The fourth-order valence-electron chi connectivity index (χ4n) is 3.38. The largest absolute Gasteiger partial charge is 0.350 e. The first-order valence-electron chi connectivity index (χ1n) is 7.85. The van der Waals surface area contributed by atoms with Crippen molar-refractivity contribution in [3.8, 4) is 0 Å². The first-order chi connectivity index (χ1) is 10.8. The van der Waals surface area contributed by atoms with Crippen LogP contribution in [0.5, 0.6) is 0 Å². The van der Waals surface area contributed by atoms with Gasteiger partial charge in [0.15, 0.2) is 9.84 Å². The van der Waals surface area contributed by atoms with Crippen molar-refractivity contribution in [1.29, 1.82) is 0 Å². The maximum Gasteiger partial charge on any atom is 0.268 e. The number of aryl methyl sites for hydroxylation is 3. The Bertz CT molecular complexity index is 881. The lowest BCUT2D eigenvalue weighted by atomic mass is 10.0. The van der Waals surface area contributed by atoms with Gasteiger partial charge in [0, 0.05) is 17.4 Å². The van der Waals surface area contributed by atoms with Gasteiger partial charge in [-0.2, -0.15) is 0 Å². The Kier molecular flexibility index (Phi) is 3.96. The summed E-state index contributed by atoms with van der Waals surface area (Å²) in [6, 6.07) is 4.10. The molecule has 6 heteroatoms. The molecule has 0 unspecified atom stereocenters. The van der Waals surface area contributed by atoms with E-state index < -0.39 is 9.84 Å². The summed E-state index contributed by atoms with van der Waals surface area (Å²) in [6.07, 6.45) is 0.631. The molecule has 1 saturated heterocycles. The molecule has 0 radical (unpaired) electrons. The summed E-state index contributed by atoms with van der Waals surface area (Å²) in [5, 5.41) is 3.98. The second-order valence-electron chi connectivity index (χ2n) is 6.55. The molecular weight excluding hydrogens is 312 g/mol. The fourth-order valence-corrected chi connectivity index (χ4v) is 5.25. The molecule has 124 valence electrons. The number of amides is 1. The predicted molar refractivity (Wildman–Crippen MR) is 91.6 cm³/mol. The standard InChI is InChI=1S/C17H22N2O3S/c1-10-4-5-11(2)15-14(10)12(3)16(19-15)17(20)18-8-13-6-7-23(21,22)9-13/h4-5,13,19H,6-9H2,1-3H3,(H,18,20)/t13-/m0/s1. The van der Waals surface area contributed by atoms with E-state index in [0.29, 0.717) is 18.7 Å². The molecule has 3 rings (SSSR count). The van der Waals surface area contributed by atoms with E-state index in [9.17, 15) is 13.2 Å². The van der Waals surface area contributed by atoms with Gasteiger partial charge in [-0.1, -0.05) is 12.1 Å². The van der Waals surface area contributed by atoms with Crippen LogP contribution in [-0.4, -0.2) is 37.4 Å². The van der Waals surface area contributed by atoms with Crippen molar-refractivity contribution in [3.05, 3.63) is 34.5 Å². The van der Waals surface area contributed by atoms with Gasteiger partial charge in [0.25, 0.3) is 5.91 Å². The first-order valence-corrected chi connectivity index (χ1v) is 9.68. The summed E-state index contributed by atoms with van der Waals surface area (Å²) in [5.74, 6) is 0.271. The van der Waals surface area contributed by atoms with Gasteiger partial charge in [0.05, 0.1) is 11.5 Å². The highest BCUT2D eigenvalue weighted by Crippen LogP contribution is 2.27. The number of rotatable bonds is 3. The molecule has 1 amide bonds. The number of fused-ring (bicyclic) bond motifs is 1. The van der Waals surface area contributed by atoms with Crippen molar-refractivity contribution >= 4 is 26.6 Å². The Labute approximate surface area is 136 Å². The second-order valence-corrected chi connectivity index (χ2v) is 8.78. The monoisotopic (exact) mass is 334 g/mol. The van der Waals surface area contributed by atoms with Crippen molar-refractivity contribution < 1.29 is 13.2 Å². The molecule has 1 aliphatic heterocycles. The number of sulfone groups is 1. The summed E-state index contributed by atoms with van der Waals surface area (Å²) in [6.45, 7) is 6.40. The Balaban J connectivity index is 1.80. The van der Waals surface area contributed by atoms with E-state index >= 15 is 0 Å². The third-order valence-corrected chi connectivity index (χ3v) is 6.56. The molecule has 5 nitrogen and oxygen atoms in total. The van der Waals surface area contributed by atoms with Crippen molar-refractivity contribution in [3.63, 3.8) is 0 Å². The van der Waals surface area contributed by atoms with Gasteiger partial charge in [-0.15, -0.1) is 0 Å². The van der Waals surface area contributed by atoms with Crippen LogP contribution < -0.4 is 5.32 Å². The summed E-state index contributed by atoms with van der Waals surface area (Å²) < 4.78 is 23.0. The highest BCUT2D eigenvalue weighted by Gasteiger charge is 2.28. The van der Waals surface area contributed by atoms with Crippen LogP contribution in [0, 0.1) is 26.7 Å². The van der Waals surface area contributed by atoms with Gasteiger partial charge in [0.1, 0.15) is 5.69 Å². The lowest BCUT2D eigenvalue weighted by Gasteiger charge is -2.09. The maximum absolute atomic E-state index is 12.5. The van der Waals surface area contributed by atoms with Gasteiger partial charge in [-0.05, 0) is 49.8 Å². The number of H-pyrrole nitrogens is 1. The molecule has 1 atom stereocenters. The number of aromatic nitrogens is 1. The third-order valence-electron chi connectivity index (χ3n) is 4.73. The highest BCUT2D eigenvalue weighted by molar-refractivity contribution is 7.91. The van der Waals surface area contributed by atoms with E-state index in [1.807, 2.05) is 26.8 Å². The molecule has 1 aromatic heterocycles. The van der Waals surface area contributed by atoms with E-state index in [1.54, 1.807) is 0 Å². The van der Waals surface area contributed by atoms with Crippen LogP contribution in [0.4, 0.5) is 0 Å². The van der Waals surface area contributed by atoms with Crippen LogP contribution in [0.1, 0.15) is 33.6 Å². The number of carbonyl (C=O) groups excluding carboxylic acids is 1. The van der Waals surface area contributed by atoms with Crippen LogP contribution in [-0.2, 0) is 9.84 Å². The van der Waals surface area contributed by atoms with Gasteiger partial charge < -0.3 is 10.3 Å². The molecule has 1 aromatic carbocycles. The number of hydrogen-bond donors (Lipinski definition) is 2. The molecule has 0 saturated carbocycles. The normalized spacial score (nSPS) is 20.0. The Morgan fingerprint density at radius 3 is 2.57 bits per heavy atom. The number of carbonyl (C=O) groups is 1. The topological polar surface area (TPSA) is 79.0 Å². The van der Waals surface area contributed by atoms with E-state index in [1.165, 1.54) is 0 Å². The Morgan fingerprint density at radius 1 is 1.26 bits per heavy atom. The lowest BCUT2D eigenvalue weighted by Crippen LogP contribution is -2.30. The summed E-state index contributed by atoms with van der Waals surface area (Å²) in [4.78, 5) is 15.7. The lowest BCUT2D eigenvalue weighted by molar-refractivity contribution is 0.0943. The van der Waals surface area contributed by atoms with Gasteiger partial charge in [-0.3, -0.25) is 4.79 Å². The van der Waals surface area contributed by atoms with Crippen molar-refractivity contribution in [2.24, 2.45) is 5.92 Å². The van der Waals surface area contributed by atoms with E-state index in [2.05, 4.69) is 16.4 Å². The average molecular weight is 334 g/mol. The molecule has 0 spiro atoms. The minimum atomic E-state index is -2.91. The van der Waals surface area contributed by atoms with Gasteiger partial charge >= 0.3 is 0 Å². The Morgan fingerprint density at radius 2 is 1.96 bits per heavy atom. The minimum Gasteiger partial charge on any atom is -0.350 e. The molecular formula is C17H22N2O3S. The highest BCUT2D eigenvalue weighted by atomic mass is 32.2. The Hall–Kier alpha value is -1.82. The third kappa shape index (κ3) is 3.00. The second kappa shape index (κ2) is 5.67. The zero-order chi connectivity index (χ0) is 16.8. The van der Waals surface area contributed by atoms with E-state index in [4.69, 9.17) is 0 Å². The SMILES string of the molecule is Cc1ccc(C)c2c(C)c(C(=O)NC[C@@H]3CCS(=O)(=O)C3)[nH]c12. The number of aromatic amines is 1. The molecule has 2 N–H and O–H groups in total. The first kappa shape index (κ1) is 16.1. The van der Waals surface area contributed by atoms with Crippen LogP contribution in [0.15, 0.2) is 12.1 Å². The van der Waals surface area contributed by atoms with Crippen LogP contribution >= 0.6 is 0 Å². The molecule has 2 heterocycles. The van der Waals surface area contributed by atoms with Crippen molar-refractivity contribution in [1.82, 2.24) is 10.3 Å². The molecule has 2 aromatic rings. The molecule has 23 heavy (non-hydrogen) atoms. The molecule has 0 bridgehead atoms. The van der Waals surface area contributed by atoms with Gasteiger partial charge in [-0.25, -0.2) is 8.42 Å². The van der Waals surface area contributed by atoms with E-state index in [-0.39, 0.29) is 23.3 Å². The van der Waals surface area contributed by atoms with Crippen LogP contribution in [0.3, 0.4) is 0 Å². The maximum atomic E-state index is 12.5. The fraction of sp³-hybridized carbons (Fsp3) is 0.471. The molecule has 1 aliphatic rings. The summed E-state index contributed by atoms with van der Waals surface area (Å²) in [7, 11) is -2.91. The smallest absolute Gasteiger partial charge is 0.268 e. The molecule has 1 fully saturated rings. The van der Waals surface area contributed by atoms with Crippen LogP contribution in [0.25, 0.3) is 10.9 Å². The average Bonchev–Trinajstić information content (AvgIpc) is 3.01. The number of benzene rings is 1. The molecule has 0 aliphatic carbocycles. The van der Waals surface area contributed by atoms with E-state index in [0.717, 1.165) is 27.6 Å². The predicted octanol–water partition coefficient (Wildman–Crippen LogP) is 2.26. The van der Waals surface area contributed by atoms with Gasteiger partial charge in [0.2, 0.25) is 0 Å². The van der Waals surface area contributed by atoms with Crippen LogP contribution in [0.2, 0.25) is 0 Å². The minimum absolute atomic E-state index is 0.0251. The summed E-state index contributed by atoms with van der Waals surface area (Å²) >= 11 is 0.